The molecule has 0 spiro atoms. The first-order chi connectivity index (χ1) is 19.2. The lowest BCUT2D eigenvalue weighted by Crippen LogP contribution is -2.24. The van der Waals surface area contributed by atoms with Crippen LogP contribution in [0.5, 0.6) is 11.5 Å². The number of nitrogens with zero attached hydrogens (tertiary/aromatic N) is 4. The Morgan fingerprint density at radius 3 is 1.60 bits per heavy atom. The van der Waals surface area contributed by atoms with E-state index < -0.39 is 11.8 Å². The van der Waals surface area contributed by atoms with E-state index in [-0.39, 0.29) is 32.4 Å². The molecule has 0 saturated carbocycles. The number of amides is 2. The molecule has 40 heavy (non-hydrogen) atoms. The molecule has 2 aromatic carbocycles. The number of benzene rings is 2. The van der Waals surface area contributed by atoms with Gasteiger partial charge < -0.3 is 25.8 Å². The maximum absolute atomic E-state index is 12.0. The van der Waals surface area contributed by atoms with E-state index in [0.29, 0.717) is 13.1 Å². The van der Waals surface area contributed by atoms with Crippen LogP contribution in [0.3, 0.4) is 0 Å². The van der Waals surface area contributed by atoms with Crippen molar-refractivity contribution in [3.63, 3.8) is 0 Å². The van der Waals surface area contributed by atoms with Crippen LogP contribution in [0.2, 0.25) is 15.5 Å². The number of aromatic nitrogens is 4. The normalized spacial score (nSPS) is 10.1. The Hall–Kier alpha value is -4.19. The molecule has 14 heteroatoms. The molecule has 0 saturated heterocycles. The fourth-order valence-electron chi connectivity index (χ4n) is 3.22. The summed E-state index contributed by atoms with van der Waals surface area (Å²) >= 11 is 17.5. The fraction of sp³-hybridized carbons (Fsp3) is 0.154. The molecule has 4 aromatic rings. The second kappa shape index (κ2) is 14.8. The van der Waals surface area contributed by atoms with Crippen molar-refractivity contribution in [2.24, 2.45) is 0 Å². The first kappa shape index (κ1) is 30.4. The van der Waals surface area contributed by atoms with Crippen LogP contribution in [-0.2, 0) is 13.1 Å². The van der Waals surface area contributed by atoms with Crippen molar-refractivity contribution in [3.8, 4) is 11.5 Å². The molecule has 0 unspecified atom stereocenters. The van der Waals surface area contributed by atoms with Gasteiger partial charge in [0.2, 0.25) is 0 Å². The van der Waals surface area contributed by atoms with Gasteiger partial charge in [-0.05, 0) is 35.4 Å². The third kappa shape index (κ3) is 8.40. The molecule has 2 aromatic heterocycles. The Kier molecular flexibility index (Phi) is 11.2. The van der Waals surface area contributed by atoms with Gasteiger partial charge in [-0.15, -0.1) is 0 Å². The minimum Gasteiger partial charge on any atom is -0.497 e. The second-order valence-electron chi connectivity index (χ2n) is 7.82. The maximum atomic E-state index is 12.0. The molecule has 2 amide bonds. The van der Waals surface area contributed by atoms with Crippen molar-refractivity contribution in [2.45, 2.75) is 13.1 Å². The number of halogens is 3. The molecule has 0 aliphatic heterocycles. The number of nitrogens with two attached hydrogens (primary N) is 1. The smallest absolute Gasteiger partial charge is 0.258 e. The van der Waals surface area contributed by atoms with Gasteiger partial charge in [0.25, 0.3) is 11.8 Å². The van der Waals surface area contributed by atoms with Crippen LogP contribution in [0.4, 0.5) is 5.82 Å². The van der Waals surface area contributed by atoms with Gasteiger partial charge in [-0.1, -0.05) is 59.1 Å². The highest BCUT2D eigenvalue weighted by Crippen LogP contribution is 2.20. The van der Waals surface area contributed by atoms with Crippen molar-refractivity contribution in [3.05, 3.63) is 98.9 Å². The van der Waals surface area contributed by atoms with E-state index in [2.05, 4.69) is 30.6 Å². The van der Waals surface area contributed by atoms with Gasteiger partial charge in [-0.2, -0.15) is 0 Å². The summed E-state index contributed by atoms with van der Waals surface area (Å²) in [6.07, 6.45) is 2.40. The fourth-order valence-corrected chi connectivity index (χ4v) is 3.94. The minimum absolute atomic E-state index is 0.0214. The molecule has 4 rings (SSSR count). The number of hydrogen-bond donors (Lipinski definition) is 3. The van der Waals surface area contributed by atoms with Crippen molar-refractivity contribution >= 4 is 52.4 Å². The minimum atomic E-state index is -0.427. The van der Waals surface area contributed by atoms with Crippen LogP contribution in [0.15, 0.2) is 61.2 Å². The zero-order valence-electron chi connectivity index (χ0n) is 21.3. The van der Waals surface area contributed by atoms with E-state index >= 15 is 0 Å². The Morgan fingerprint density at radius 1 is 0.725 bits per heavy atom. The number of methoxy groups -OCH3 is 2. The van der Waals surface area contributed by atoms with E-state index in [1.165, 1.54) is 12.7 Å². The highest BCUT2D eigenvalue weighted by atomic mass is 35.5. The summed E-state index contributed by atoms with van der Waals surface area (Å²) in [5.74, 6) is 0.640. The Balaban J connectivity index is 0.000000220. The Bertz CT molecular complexity index is 1340. The largest absolute Gasteiger partial charge is 0.497 e. The molecule has 0 fully saturated rings. The lowest BCUT2D eigenvalue weighted by Gasteiger charge is -2.08. The van der Waals surface area contributed by atoms with Crippen molar-refractivity contribution < 1.29 is 19.1 Å². The molecule has 4 N–H and O–H groups in total. The van der Waals surface area contributed by atoms with Crippen LogP contribution in [0.25, 0.3) is 0 Å². The van der Waals surface area contributed by atoms with Gasteiger partial charge in [0.05, 0.1) is 14.2 Å². The summed E-state index contributed by atoms with van der Waals surface area (Å²) in [6.45, 7) is 0.637. The molecule has 0 bridgehead atoms. The number of ether oxygens (including phenoxy) is 2. The Labute approximate surface area is 245 Å². The zero-order chi connectivity index (χ0) is 29.1. The summed E-state index contributed by atoms with van der Waals surface area (Å²) in [7, 11) is 3.16. The first-order valence-corrected chi connectivity index (χ1v) is 12.6. The molecule has 0 radical (unpaired) electrons. The van der Waals surface area contributed by atoms with Gasteiger partial charge in [-0.3, -0.25) is 9.59 Å². The van der Waals surface area contributed by atoms with Gasteiger partial charge >= 0.3 is 0 Å². The number of carbonyl (C=O) groups excluding carboxylic acids is 2. The molecular weight excluding hydrogens is 581 g/mol. The number of carbonyl (C=O) groups is 2. The lowest BCUT2D eigenvalue weighted by atomic mass is 10.2. The van der Waals surface area contributed by atoms with Crippen LogP contribution in [-0.4, -0.2) is 46.0 Å². The topological polar surface area (TPSA) is 154 Å². The molecule has 208 valence electrons. The predicted molar refractivity (Wildman–Crippen MR) is 152 cm³/mol. The van der Waals surface area contributed by atoms with Crippen molar-refractivity contribution in [1.29, 1.82) is 0 Å². The SMILES string of the molecule is COc1cccc(CNC(=O)c2c(Cl)ncnc2Cl)c1.COc1cccc(CNC(=O)c2c(N)ncnc2Cl)c1. The molecule has 0 aliphatic rings. The van der Waals surface area contributed by atoms with Gasteiger partial charge in [0, 0.05) is 13.1 Å². The molecule has 0 atom stereocenters. The highest BCUT2D eigenvalue weighted by molar-refractivity contribution is 6.38. The van der Waals surface area contributed by atoms with E-state index in [0.717, 1.165) is 22.6 Å². The quantitative estimate of drug-likeness (QED) is 0.249. The van der Waals surface area contributed by atoms with Crippen molar-refractivity contribution in [1.82, 2.24) is 30.6 Å². The third-order valence-electron chi connectivity index (χ3n) is 5.21. The number of anilines is 1. The second-order valence-corrected chi connectivity index (χ2v) is 8.90. The summed E-state index contributed by atoms with van der Waals surface area (Å²) in [5, 5.41) is 5.49. The number of nitrogen functional groups attached to an aromatic ring is 1. The van der Waals surface area contributed by atoms with Crippen LogP contribution < -0.4 is 25.8 Å². The Morgan fingerprint density at radius 2 is 1.15 bits per heavy atom. The highest BCUT2D eigenvalue weighted by Gasteiger charge is 2.17. The molecule has 11 nitrogen and oxygen atoms in total. The third-order valence-corrected chi connectivity index (χ3v) is 6.07. The van der Waals surface area contributed by atoms with Crippen LogP contribution in [0, 0.1) is 0 Å². The van der Waals surface area contributed by atoms with Gasteiger partial charge in [-0.25, -0.2) is 19.9 Å². The van der Waals surface area contributed by atoms with E-state index in [9.17, 15) is 9.59 Å². The standard InChI is InChI=1S/C13H11Cl2N3O2.C13H13ClN4O2/c2*1-20-9-4-2-3-8(5-9)6-16-13(19)10-11(14)17-7-18-12(10)15/h2-5,7H,6H2,1H3,(H,16,19);2-5,7H,6H2,1H3,(H,16,19)(H2,15,17,18). The average molecular weight is 605 g/mol. The number of rotatable bonds is 8. The average Bonchev–Trinajstić information content (AvgIpc) is 2.95. The van der Waals surface area contributed by atoms with Gasteiger partial charge in [0.1, 0.15) is 56.6 Å². The number of nitrogens with one attached hydrogen (secondary N) is 2. The van der Waals surface area contributed by atoms with Crippen molar-refractivity contribution in [2.75, 3.05) is 20.0 Å². The summed E-state index contributed by atoms with van der Waals surface area (Å²) in [4.78, 5) is 39.0. The lowest BCUT2D eigenvalue weighted by molar-refractivity contribution is 0.0942. The van der Waals surface area contributed by atoms with E-state index in [1.807, 2.05) is 48.5 Å². The van der Waals surface area contributed by atoms with Gasteiger partial charge in [0.15, 0.2) is 0 Å². The van der Waals surface area contributed by atoms with E-state index in [1.54, 1.807) is 14.2 Å². The monoisotopic (exact) mass is 603 g/mol. The molecule has 2 heterocycles. The first-order valence-electron chi connectivity index (χ1n) is 11.5. The predicted octanol–water partition coefficient (Wildman–Crippen LogP) is 4.37. The van der Waals surface area contributed by atoms with Crippen LogP contribution >= 0.6 is 34.8 Å². The number of hydrogen-bond acceptors (Lipinski definition) is 9. The zero-order valence-corrected chi connectivity index (χ0v) is 23.6. The molecule has 0 aliphatic carbocycles. The summed E-state index contributed by atoms with van der Waals surface area (Å²) in [5.41, 5.74) is 7.55. The van der Waals surface area contributed by atoms with E-state index in [4.69, 9.17) is 50.0 Å². The maximum Gasteiger partial charge on any atom is 0.258 e. The molecular formula is C26H24Cl3N7O4. The van der Waals surface area contributed by atoms with Crippen LogP contribution in [0.1, 0.15) is 31.8 Å². The summed E-state index contributed by atoms with van der Waals surface area (Å²) in [6, 6.07) is 14.7. The summed E-state index contributed by atoms with van der Waals surface area (Å²) < 4.78 is 10.2.